The lowest BCUT2D eigenvalue weighted by Crippen LogP contribution is -2.43. The minimum atomic E-state index is -0.342. The average molecular weight is 408 g/mol. The molecule has 1 aliphatic rings. The third-order valence-corrected chi connectivity index (χ3v) is 5.52. The molecule has 1 fully saturated rings. The maximum atomic E-state index is 12.6. The number of para-hydroxylation sites is 1. The first-order valence-electron chi connectivity index (χ1n) is 10.6. The number of carbonyl (C=O) groups excluding carboxylic acids is 1. The van der Waals surface area contributed by atoms with Crippen molar-refractivity contribution in [2.45, 2.75) is 46.1 Å². The van der Waals surface area contributed by atoms with Crippen LogP contribution in [0.4, 0.5) is 0 Å². The minimum Gasteiger partial charge on any atom is -0.492 e. The van der Waals surface area contributed by atoms with E-state index in [2.05, 4.69) is 9.97 Å². The highest BCUT2D eigenvalue weighted by molar-refractivity contribution is 5.81. The monoisotopic (exact) mass is 407 g/mol. The lowest BCUT2D eigenvalue weighted by Gasteiger charge is -2.35. The number of fused-ring (bicyclic) bond motifs is 1. The highest BCUT2D eigenvalue weighted by atomic mass is 16.5. The Morgan fingerprint density at radius 3 is 2.50 bits per heavy atom. The Labute approximate surface area is 177 Å². The molecule has 2 aromatic heterocycles. The summed E-state index contributed by atoms with van der Waals surface area (Å²) in [5, 5.41) is 4.87. The molecule has 1 aromatic carbocycles. The van der Waals surface area contributed by atoms with Crippen LogP contribution < -0.4 is 4.74 Å². The first kappa shape index (κ1) is 20.3. The van der Waals surface area contributed by atoms with Crippen LogP contribution in [0.1, 0.15) is 45.2 Å². The minimum absolute atomic E-state index is 0.217. The zero-order valence-corrected chi connectivity index (χ0v) is 17.9. The number of ether oxygens (including phenoxy) is 1. The number of nitrogens with zero attached hydrogens (tertiary/aromatic N) is 5. The van der Waals surface area contributed by atoms with Crippen LogP contribution in [-0.4, -0.2) is 50.3 Å². The van der Waals surface area contributed by atoms with Crippen molar-refractivity contribution in [1.29, 1.82) is 0 Å². The normalized spacial score (nSPS) is 15.5. The fourth-order valence-electron chi connectivity index (χ4n) is 3.95. The Bertz CT molecular complexity index is 1000. The summed E-state index contributed by atoms with van der Waals surface area (Å²) in [6.45, 7) is 8.55. The molecule has 0 aliphatic carbocycles. The van der Waals surface area contributed by atoms with Crippen molar-refractivity contribution < 1.29 is 9.53 Å². The number of benzene rings is 1. The highest BCUT2D eigenvalue weighted by Crippen LogP contribution is 2.32. The van der Waals surface area contributed by atoms with Crippen molar-refractivity contribution in [3.8, 4) is 5.75 Å². The maximum absolute atomic E-state index is 12.6. The number of hydrogen-bond donors (Lipinski definition) is 0. The van der Waals surface area contributed by atoms with Gasteiger partial charge in [0, 0.05) is 36.8 Å². The molecule has 0 spiro atoms. The summed E-state index contributed by atoms with van der Waals surface area (Å²) in [7, 11) is 0. The van der Waals surface area contributed by atoms with E-state index in [1.54, 1.807) is 12.4 Å². The van der Waals surface area contributed by atoms with Gasteiger partial charge in [-0.1, -0.05) is 39.0 Å². The standard InChI is InChI=1S/C23H29N5O2/c1-23(2,3)22(29)27-13-9-17(10-14-27)19-20-21(25-12-11-24-20)28(26-19)15-16-30-18-7-5-4-6-8-18/h4-8,11-12,17H,9-10,13-16H2,1-3H3. The predicted molar refractivity (Wildman–Crippen MR) is 115 cm³/mol. The Kier molecular flexibility index (Phi) is 5.70. The Hall–Kier alpha value is -2.96. The first-order chi connectivity index (χ1) is 14.4. The van der Waals surface area contributed by atoms with Gasteiger partial charge in [0.2, 0.25) is 5.91 Å². The molecule has 4 rings (SSSR count). The van der Waals surface area contributed by atoms with Gasteiger partial charge in [0.05, 0.1) is 12.2 Å². The van der Waals surface area contributed by atoms with Crippen LogP contribution in [0, 0.1) is 5.41 Å². The van der Waals surface area contributed by atoms with Crippen molar-refractivity contribution in [2.24, 2.45) is 5.41 Å². The molecule has 0 N–H and O–H groups in total. The molecule has 3 aromatic rings. The van der Waals surface area contributed by atoms with Crippen molar-refractivity contribution in [3.05, 3.63) is 48.4 Å². The third-order valence-electron chi connectivity index (χ3n) is 5.52. The number of aromatic nitrogens is 4. The van der Waals surface area contributed by atoms with Crippen molar-refractivity contribution in [2.75, 3.05) is 19.7 Å². The van der Waals surface area contributed by atoms with Gasteiger partial charge < -0.3 is 9.64 Å². The Morgan fingerprint density at radius 1 is 1.10 bits per heavy atom. The summed E-state index contributed by atoms with van der Waals surface area (Å²) in [6.07, 6.45) is 5.21. The zero-order chi connectivity index (χ0) is 21.1. The molecule has 7 nitrogen and oxygen atoms in total. The average Bonchev–Trinajstić information content (AvgIpc) is 3.12. The molecule has 0 saturated carbocycles. The van der Waals surface area contributed by atoms with E-state index in [4.69, 9.17) is 9.84 Å². The second-order valence-corrected chi connectivity index (χ2v) is 8.81. The number of likely N-dealkylation sites (tertiary alicyclic amines) is 1. The van der Waals surface area contributed by atoms with Crippen LogP contribution in [0.3, 0.4) is 0 Å². The second kappa shape index (κ2) is 8.42. The molecule has 1 saturated heterocycles. The number of amides is 1. The van der Waals surface area contributed by atoms with Crippen LogP contribution in [0.2, 0.25) is 0 Å². The largest absolute Gasteiger partial charge is 0.492 e. The molecule has 0 atom stereocenters. The lowest BCUT2D eigenvalue weighted by molar-refractivity contribution is -0.140. The number of carbonyl (C=O) groups is 1. The summed E-state index contributed by atoms with van der Waals surface area (Å²) < 4.78 is 7.73. The number of hydrogen-bond acceptors (Lipinski definition) is 5. The third kappa shape index (κ3) is 4.30. The van der Waals surface area contributed by atoms with E-state index < -0.39 is 0 Å². The van der Waals surface area contributed by atoms with Gasteiger partial charge >= 0.3 is 0 Å². The molecule has 7 heteroatoms. The summed E-state index contributed by atoms with van der Waals surface area (Å²) in [4.78, 5) is 23.7. The number of piperidine rings is 1. The summed E-state index contributed by atoms with van der Waals surface area (Å²) in [6, 6.07) is 9.77. The van der Waals surface area contributed by atoms with Gasteiger partial charge in [-0.2, -0.15) is 5.10 Å². The van der Waals surface area contributed by atoms with Gasteiger partial charge in [-0.05, 0) is 25.0 Å². The lowest BCUT2D eigenvalue weighted by atomic mass is 9.89. The molecule has 0 bridgehead atoms. The van der Waals surface area contributed by atoms with E-state index in [1.165, 1.54) is 0 Å². The molecule has 3 heterocycles. The van der Waals surface area contributed by atoms with Crippen molar-refractivity contribution in [3.63, 3.8) is 0 Å². The molecule has 0 radical (unpaired) electrons. The molecule has 1 amide bonds. The zero-order valence-electron chi connectivity index (χ0n) is 17.9. The van der Waals surface area contributed by atoms with Crippen molar-refractivity contribution in [1.82, 2.24) is 24.6 Å². The molecular weight excluding hydrogens is 378 g/mol. The van der Waals surface area contributed by atoms with E-state index >= 15 is 0 Å². The quantitative estimate of drug-likeness (QED) is 0.645. The van der Waals surface area contributed by atoms with Crippen LogP contribution in [0.25, 0.3) is 11.2 Å². The fraction of sp³-hybridized carbons (Fsp3) is 0.478. The molecule has 30 heavy (non-hydrogen) atoms. The van der Waals surface area contributed by atoms with Crippen LogP contribution in [-0.2, 0) is 11.3 Å². The smallest absolute Gasteiger partial charge is 0.227 e. The SMILES string of the molecule is CC(C)(C)C(=O)N1CCC(c2nn(CCOc3ccccc3)c3nccnc23)CC1. The Morgan fingerprint density at radius 2 is 1.80 bits per heavy atom. The van der Waals surface area contributed by atoms with Gasteiger partial charge in [0.25, 0.3) is 0 Å². The van der Waals surface area contributed by atoms with E-state index in [0.29, 0.717) is 13.2 Å². The number of rotatable bonds is 5. The molecular formula is C23H29N5O2. The highest BCUT2D eigenvalue weighted by Gasteiger charge is 2.32. The predicted octanol–water partition coefficient (Wildman–Crippen LogP) is 3.66. The topological polar surface area (TPSA) is 73.1 Å². The van der Waals surface area contributed by atoms with Gasteiger partial charge in [-0.15, -0.1) is 0 Å². The Balaban J connectivity index is 1.47. The maximum Gasteiger partial charge on any atom is 0.227 e. The van der Waals surface area contributed by atoms with Crippen LogP contribution in [0.15, 0.2) is 42.7 Å². The van der Waals surface area contributed by atoms with Crippen LogP contribution in [0.5, 0.6) is 5.75 Å². The summed E-state index contributed by atoms with van der Waals surface area (Å²) in [5.74, 6) is 1.34. The van der Waals surface area contributed by atoms with E-state index in [-0.39, 0.29) is 17.2 Å². The molecule has 0 unspecified atom stereocenters. The van der Waals surface area contributed by atoms with E-state index in [0.717, 1.165) is 48.5 Å². The van der Waals surface area contributed by atoms with E-state index in [9.17, 15) is 4.79 Å². The van der Waals surface area contributed by atoms with Gasteiger partial charge in [0.15, 0.2) is 5.65 Å². The fourth-order valence-corrected chi connectivity index (χ4v) is 3.95. The molecule has 158 valence electrons. The van der Waals surface area contributed by atoms with Gasteiger partial charge in [-0.25, -0.2) is 14.6 Å². The molecule has 1 aliphatic heterocycles. The van der Waals surface area contributed by atoms with Crippen molar-refractivity contribution >= 4 is 17.1 Å². The second-order valence-electron chi connectivity index (χ2n) is 8.81. The van der Waals surface area contributed by atoms with Crippen LogP contribution >= 0.6 is 0 Å². The van der Waals surface area contributed by atoms with Gasteiger partial charge in [0.1, 0.15) is 17.9 Å². The van der Waals surface area contributed by atoms with E-state index in [1.807, 2.05) is 60.7 Å². The summed E-state index contributed by atoms with van der Waals surface area (Å²) >= 11 is 0. The van der Waals surface area contributed by atoms with Gasteiger partial charge in [-0.3, -0.25) is 4.79 Å². The summed E-state index contributed by atoms with van der Waals surface area (Å²) in [5.41, 5.74) is 2.29. The first-order valence-corrected chi connectivity index (χ1v) is 10.6.